The zero-order chi connectivity index (χ0) is 12.0. The molecule has 90 valence electrons. The minimum absolute atomic E-state index is 0.00157. The molecule has 0 bridgehead atoms. The van der Waals surface area contributed by atoms with Gasteiger partial charge in [-0.05, 0) is 29.5 Å². The first-order valence-corrected chi connectivity index (χ1v) is 5.65. The van der Waals surface area contributed by atoms with Gasteiger partial charge >= 0.3 is 5.51 Å². The molecule has 16 heavy (non-hydrogen) atoms. The summed E-state index contributed by atoms with van der Waals surface area (Å²) in [6.07, 6.45) is 0. The minimum atomic E-state index is -4.15. The highest BCUT2D eigenvalue weighted by molar-refractivity contribution is 8.00. The zero-order valence-electron chi connectivity index (χ0n) is 8.42. The number of alkyl halides is 3. The van der Waals surface area contributed by atoms with Crippen molar-refractivity contribution in [3.63, 3.8) is 0 Å². The molecule has 2 nitrogen and oxygen atoms in total. The Morgan fingerprint density at radius 3 is 2.38 bits per heavy atom. The molecule has 6 heteroatoms. The van der Waals surface area contributed by atoms with Crippen molar-refractivity contribution in [2.24, 2.45) is 0 Å². The monoisotopic (exact) mass is 251 g/mol. The number of hydrogen-bond donors (Lipinski definition) is 2. The number of benzene rings is 1. The molecule has 0 fully saturated rings. The van der Waals surface area contributed by atoms with Crippen molar-refractivity contribution in [3.05, 3.63) is 29.8 Å². The van der Waals surface area contributed by atoms with Gasteiger partial charge in [-0.15, -0.1) is 0 Å². The first kappa shape index (κ1) is 13.2. The van der Waals surface area contributed by atoms with Crippen molar-refractivity contribution in [2.45, 2.75) is 12.1 Å². The van der Waals surface area contributed by atoms with Gasteiger partial charge in [-0.2, -0.15) is 13.2 Å². The van der Waals surface area contributed by atoms with E-state index in [1.54, 1.807) is 24.3 Å². The molecule has 0 aliphatic rings. The molecule has 0 saturated heterocycles. The van der Waals surface area contributed by atoms with Crippen LogP contribution in [0.5, 0.6) is 5.75 Å². The topological polar surface area (TPSA) is 32.3 Å². The van der Waals surface area contributed by atoms with Crippen LogP contribution in [0, 0.1) is 0 Å². The van der Waals surface area contributed by atoms with Crippen LogP contribution in [0.25, 0.3) is 0 Å². The number of halogens is 3. The van der Waals surface area contributed by atoms with Crippen LogP contribution in [0.2, 0.25) is 0 Å². The van der Waals surface area contributed by atoms with E-state index in [-0.39, 0.29) is 23.3 Å². The van der Waals surface area contributed by atoms with E-state index >= 15 is 0 Å². The number of hydrogen-bond acceptors (Lipinski definition) is 3. The summed E-state index contributed by atoms with van der Waals surface area (Å²) in [5.74, 6) is 0.179. The Morgan fingerprint density at radius 2 is 1.81 bits per heavy atom. The molecule has 0 amide bonds. The van der Waals surface area contributed by atoms with Gasteiger partial charge in [0.1, 0.15) is 5.75 Å². The molecule has 0 aliphatic carbocycles. The lowest BCUT2D eigenvalue weighted by Crippen LogP contribution is -2.18. The van der Waals surface area contributed by atoms with Crippen molar-refractivity contribution < 1.29 is 18.3 Å². The van der Waals surface area contributed by atoms with E-state index in [9.17, 15) is 13.2 Å². The number of aromatic hydroxyl groups is 1. The molecule has 1 aromatic carbocycles. The summed E-state index contributed by atoms with van der Waals surface area (Å²) in [5, 5.41) is 11.9. The Kier molecular flexibility index (Phi) is 4.95. The highest BCUT2D eigenvalue weighted by Crippen LogP contribution is 2.29. The molecule has 0 radical (unpaired) electrons. The molecule has 0 aromatic heterocycles. The Hall–Kier alpha value is -0.880. The third-order valence-corrected chi connectivity index (χ3v) is 2.55. The number of phenols is 1. The third kappa shape index (κ3) is 5.87. The predicted molar refractivity (Wildman–Crippen MR) is 58.3 cm³/mol. The summed E-state index contributed by atoms with van der Waals surface area (Å²) in [6, 6.07) is 6.53. The summed E-state index contributed by atoms with van der Waals surface area (Å²) in [6.45, 7) is 0.795. The summed E-state index contributed by atoms with van der Waals surface area (Å²) in [5.41, 5.74) is -3.23. The van der Waals surface area contributed by atoms with Gasteiger partial charge in [0.2, 0.25) is 0 Å². The van der Waals surface area contributed by atoms with Gasteiger partial charge in [0, 0.05) is 18.8 Å². The van der Waals surface area contributed by atoms with Gasteiger partial charge in [-0.25, -0.2) is 0 Å². The first-order chi connectivity index (χ1) is 7.47. The van der Waals surface area contributed by atoms with Crippen LogP contribution in [-0.4, -0.2) is 22.9 Å². The van der Waals surface area contributed by atoms with Crippen molar-refractivity contribution >= 4 is 11.8 Å². The van der Waals surface area contributed by atoms with E-state index < -0.39 is 5.51 Å². The average Bonchev–Trinajstić information content (AvgIpc) is 2.19. The van der Waals surface area contributed by atoms with Crippen LogP contribution in [0.15, 0.2) is 24.3 Å². The second-order valence-electron chi connectivity index (χ2n) is 3.14. The van der Waals surface area contributed by atoms with Gasteiger partial charge in [-0.1, -0.05) is 12.1 Å². The molecule has 0 spiro atoms. The smallest absolute Gasteiger partial charge is 0.441 e. The summed E-state index contributed by atoms with van der Waals surface area (Å²) in [7, 11) is 0. The average molecular weight is 251 g/mol. The maximum atomic E-state index is 11.8. The predicted octanol–water partition coefficient (Wildman–Crippen LogP) is 2.73. The lowest BCUT2D eigenvalue weighted by molar-refractivity contribution is -0.0327. The maximum Gasteiger partial charge on any atom is 0.441 e. The van der Waals surface area contributed by atoms with Crippen molar-refractivity contribution in [3.8, 4) is 5.75 Å². The van der Waals surface area contributed by atoms with Crippen molar-refractivity contribution in [1.29, 1.82) is 0 Å². The van der Waals surface area contributed by atoms with Gasteiger partial charge in [0.25, 0.3) is 0 Å². The lowest BCUT2D eigenvalue weighted by atomic mass is 10.2. The molecule has 0 aliphatic heterocycles. The highest BCUT2D eigenvalue weighted by atomic mass is 32.2. The summed E-state index contributed by atoms with van der Waals surface area (Å²) >= 11 is -0.0313. The Labute approximate surface area is 95.9 Å². The largest absolute Gasteiger partial charge is 0.508 e. The van der Waals surface area contributed by atoms with E-state index in [4.69, 9.17) is 5.11 Å². The second-order valence-corrected chi connectivity index (χ2v) is 4.30. The van der Waals surface area contributed by atoms with Gasteiger partial charge in [0.15, 0.2) is 0 Å². The van der Waals surface area contributed by atoms with E-state index in [0.29, 0.717) is 13.1 Å². The van der Waals surface area contributed by atoms with Gasteiger partial charge in [-0.3, -0.25) is 0 Å². The quantitative estimate of drug-likeness (QED) is 0.789. The fourth-order valence-electron chi connectivity index (χ4n) is 1.09. The zero-order valence-corrected chi connectivity index (χ0v) is 9.24. The van der Waals surface area contributed by atoms with Crippen LogP contribution in [0.3, 0.4) is 0 Å². The number of rotatable bonds is 5. The van der Waals surface area contributed by atoms with E-state index in [0.717, 1.165) is 5.56 Å². The molecule has 0 saturated carbocycles. The Morgan fingerprint density at radius 1 is 1.19 bits per heavy atom. The third-order valence-electron chi connectivity index (χ3n) is 1.81. The molecule has 0 atom stereocenters. The lowest BCUT2D eigenvalue weighted by Gasteiger charge is -2.07. The van der Waals surface area contributed by atoms with Gasteiger partial charge < -0.3 is 10.4 Å². The number of phenolic OH excluding ortho intramolecular Hbond substituents is 1. The second kappa shape index (κ2) is 6.00. The summed E-state index contributed by atoms with van der Waals surface area (Å²) in [4.78, 5) is 0. The van der Waals surface area contributed by atoms with Gasteiger partial charge in [0.05, 0.1) is 0 Å². The minimum Gasteiger partial charge on any atom is -0.508 e. The number of nitrogens with one attached hydrogen (secondary N) is 1. The molecule has 0 heterocycles. The summed E-state index contributed by atoms with van der Waals surface area (Å²) < 4.78 is 35.3. The van der Waals surface area contributed by atoms with Crippen LogP contribution in [0.4, 0.5) is 13.2 Å². The first-order valence-electron chi connectivity index (χ1n) is 4.67. The fraction of sp³-hybridized carbons (Fsp3) is 0.400. The SMILES string of the molecule is Oc1ccc(CNCCSC(F)(F)F)cc1. The van der Waals surface area contributed by atoms with Crippen molar-refractivity contribution in [2.75, 3.05) is 12.3 Å². The van der Waals surface area contributed by atoms with E-state index in [2.05, 4.69) is 5.32 Å². The Bertz CT molecular complexity index is 313. The van der Waals surface area contributed by atoms with Crippen LogP contribution in [-0.2, 0) is 6.54 Å². The molecule has 1 rings (SSSR count). The molecule has 0 unspecified atom stereocenters. The molecular weight excluding hydrogens is 239 g/mol. The van der Waals surface area contributed by atoms with E-state index in [1.807, 2.05) is 0 Å². The molecule has 2 N–H and O–H groups in total. The highest BCUT2D eigenvalue weighted by Gasteiger charge is 2.27. The fourth-order valence-corrected chi connectivity index (χ4v) is 1.56. The Balaban J connectivity index is 2.14. The molecule has 1 aromatic rings. The van der Waals surface area contributed by atoms with Crippen LogP contribution in [0.1, 0.15) is 5.56 Å². The van der Waals surface area contributed by atoms with E-state index in [1.165, 1.54) is 0 Å². The maximum absolute atomic E-state index is 11.8. The standard InChI is InChI=1S/C10H12F3NOS/c11-10(12,13)16-6-5-14-7-8-1-3-9(15)4-2-8/h1-4,14-15H,5-7H2. The van der Waals surface area contributed by atoms with Crippen LogP contribution < -0.4 is 5.32 Å². The normalized spacial score (nSPS) is 11.7. The van der Waals surface area contributed by atoms with Crippen molar-refractivity contribution in [1.82, 2.24) is 5.32 Å². The number of thioether (sulfide) groups is 1. The molecular formula is C10H12F3NOS. The van der Waals surface area contributed by atoms with Crippen LogP contribution >= 0.6 is 11.8 Å².